The first-order chi connectivity index (χ1) is 23.3. The Morgan fingerprint density at radius 3 is 2.39 bits per heavy atom. The molecule has 4 atom stereocenters. The van der Waals surface area contributed by atoms with E-state index in [9.17, 15) is 34.8 Å². The second-order valence-corrected chi connectivity index (χ2v) is 13.5. The number of halogens is 1. The molecule has 0 aromatic heterocycles. The molecule has 12 heteroatoms. The van der Waals surface area contributed by atoms with Crippen molar-refractivity contribution in [1.82, 2.24) is 10.2 Å². The number of ketones is 2. The third-order valence-corrected chi connectivity index (χ3v) is 10.2. The number of phenolic OH excluding ortho intramolecular Hbond substituents is 1. The Kier molecular flexibility index (Phi) is 9.06. The summed E-state index contributed by atoms with van der Waals surface area (Å²) in [4.78, 5) is 41.3. The van der Waals surface area contributed by atoms with Gasteiger partial charge in [0.1, 0.15) is 28.6 Å². The van der Waals surface area contributed by atoms with Gasteiger partial charge in [0.25, 0.3) is 5.91 Å². The van der Waals surface area contributed by atoms with Crippen LogP contribution in [0.15, 0.2) is 71.5 Å². The van der Waals surface area contributed by atoms with Crippen molar-refractivity contribution >= 4 is 34.8 Å². The number of carbonyl (C=O) groups is 3. The second kappa shape index (κ2) is 13.0. The molecule has 11 nitrogen and oxygen atoms in total. The van der Waals surface area contributed by atoms with E-state index >= 15 is 0 Å². The van der Waals surface area contributed by atoms with Crippen molar-refractivity contribution < 1.29 is 39.5 Å². The van der Waals surface area contributed by atoms with Crippen LogP contribution < -0.4 is 15.8 Å². The van der Waals surface area contributed by atoms with Gasteiger partial charge in [0.15, 0.2) is 11.4 Å². The standard InChI is InChI=1S/C37H38ClN3O8/c1-41(2)31-25-16-20-15-24-22(23-14-19(6-11-27(23)49-3)17-40-13-12-18-4-7-21(38)8-5-18)9-10-26(42)29(24)32(43)28(20)34(45)37(25,48)35(46)30(33(31)44)36(39)47/h4-11,14,20,25,31,40,42-43,46,48H,12-13,15-17H2,1-3H3,(H2,39,47)/t20-,25-,31+,37-/m0/s1. The lowest BCUT2D eigenvalue weighted by Crippen LogP contribution is -2.65. The summed E-state index contributed by atoms with van der Waals surface area (Å²) in [6.45, 7) is 1.28. The van der Waals surface area contributed by atoms with Crippen LogP contribution in [-0.4, -0.2) is 82.2 Å². The lowest BCUT2D eigenvalue weighted by molar-refractivity contribution is -0.153. The Bertz CT molecular complexity index is 1940. The molecule has 3 aliphatic rings. The number of nitrogens with two attached hydrogens (primary N) is 1. The minimum absolute atomic E-state index is 0.00439. The number of fused-ring (bicyclic) bond motifs is 3. The van der Waals surface area contributed by atoms with E-state index in [-0.39, 0.29) is 29.7 Å². The molecule has 0 bridgehead atoms. The smallest absolute Gasteiger partial charge is 0.255 e. The summed E-state index contributed by atoms with van der Waals surface area (Å²) < 4.78 is 5.73. The number of primary amides is 1. The van der Waals surface area contributed by atoms with Crippen LogP contribution >= 0.6 is 11.6 Å². The van der Waals surface area contributed by atoms with E-state index in [1.54, 1.807) is 27.3 Å². The van der Waals surface area contributed by atoms with E-state index in [0.717, 1.165) is 24.1 Å². The fraction of sp³-hybridized carbons (Fsp3) is 0.324. The van der Waals surface area contributed by atoms with Crippen molar-refractivity contribution in [1.29, 1.82) is 0 Å². The zero-order valence-electron chi connectivity index (χ0n) is 27.3. The summed E-state index contributed by atoms with van der Waals surface area (Å²) in [5.41, 5.74) is 5.72. The molecule has 0 heterocycles. The number of Topliss-reactive ketones (excluding diaryl/α,β-unsaturated/α-hetero) is 2. The van der Waals surface area contributed by atoms with E-state index < -0.39 is 58.0 Å². The van der Waals surface area contributed by atoms with Gasteiger partial charge in [0.2, 0.25) is 5.78 Å². The Balaban J connectivity index is 1.39. The van der Waals surface area contributed by atoms with Crippen LogP contribution in [-0.2, 0) is 33.8 Å². The predicted molar refractivity (Wildman–Crippen MR) is 183 cm³/mol. The molecule has 0 saturated heterocycles. The number of aliphatic hydroxyl groups is 3. The van der Waals surface area contributed by atoms with Crippen LogP contribution in [0.2, 0.25) is 5.02 Å². The van der Waals surface area contributed by atoms with Crippen LogP contribution in [0.1, 0.15) is 28.7 Å². The number of ether oxygens (including phenoxy) is 1. The molecule has 49 heavy (non-hydrogen) atoms. The first kappa shape index (κ1) is 34.2. The number of aliphatic hydroxyl groups excluding tert-OH is 2. The zero-order valence-corrected chi connectivity index (χ0v) is 28.0. The van der Waals surface area contributed by atoms with Crippen molar-refractivity contribution in [2.45, 2.75) is 37.5 Å². The molecule has 7 N–H and O–H groups in total. The lowest BCUT2D eigenvalue weighted by Gasteiger charge is -2.50. The number of phenols is 1. The van der Waals surface area contributed by atoms with Crippen LogP contribution in [0.5, 0.6) is 11.5 Å². The fourth-order valence-corrected chi connectivity index (χ4v) is 7.81. The topological polar surface area (TPSA) is 183 Å². The van der Waals surface area contributed by atoms with Crippen molar-refractivity contribution in [3.63, 3.8) is 0 Å². The van der Waals surface area contributed by atoms with Crippen molar-refractivity contribution in [2.24, 2.45) is 17.6 Å². The SMILES string of the molecule is COc1ccc(CNCCc2ccc(Cl)cc2)cc1-c1ccc(O)c2c1C[C@H]1C[C@H]3[C@@H](N(C)C)C(=O)C(C(N)=O)=C(O)[C@@]3(O)C(=O)C1=C2O. The fourth-order valence-electron chi connectivity index (χ4n) is 7.69. The highest BCUT2D eigenvalue weighted by molar-refractivity contribution is 6.30. The average molecular weight is 688 g/mol. The van der Waals surface area contributed by atoms with Gasteiger partial charge in [-0.05, 0) is 98.4 Å². The Morgan fingerprint density at radius 2 is 1.73 bits per heavy atom. The molecule has 1 amide bonds. The first-order valence-corrected chi connectivity index (χ1v) is 16.3. The molecular weight excluding hydrogens is 650 g/mol. The number of nitrogens with one attached hydrogen (secondary N) is 1. The summed E-state index contributed by atoms with van der Waals surface area (Å²) in [5.74, 6) is -6.39. The molecule has 1 fully saturated rings. The average Bonchev–Trinajstić information content (AvgIpc) is 3.05. The molecule has 3 aromatic carbocycles. The van der Waals surface area contributed by atoms with Crippen LogP contribution in [0, 0.1) is 11.8 Å². The molecular formula is C37H38ClN3O8. The van der Waals surface area contributed by atoms with Gasteiger partial charge >= 0.3 is 0 Å². The van der Waals surface area contributed by atoms with Gasteiger partial charge in [-0.3, -0.25) is 19.3 Å². The van der Waals surface area contributed by atoms with E-state index in [1.165, 1.54) is 11.0 Å². The predicted octanol–water partition coefficient (Wildman–Crippen LogP) is 3.63. The maximum atomic E-state index is 14.2. The molecule has 1 saturated carbocycles. The van der Waals surface area contributed by atoms with Gasteiger partial charge in [0.05, 0.1) is 18.7 Å². The molecule has 256 valence electrons. The Labute approximate surface area is 288 Å². The minimum atomic E-state index is -2.70. The van der Waals surface area contributed by atoms with Crippen LogP contribution in [0.25, 0.3) is 16.9 Å². The van der Waals surface area contributed by atoms with Gasteiger partial charge in [0, 0.05) is 28.6 Å². The van der Waals surface area contributed by atoms with E-state index in [4.69, 9.17) is 22.1 Å². The third kappa shape index (κ3) is 5.66. The first-order valence-electron chi connectivity index (χ1n) is 15.9. The number of hydrogen-bond donors (Lipinski definition) is 6. The Hall–Kier alpha value is -4.68. The molecule has 0 radical (unpaired) electrons. The van der Waals surface area contributed by atoms with Gasteiger partial charge in [-0.1, -0.05) is 35.9 Å². The number of hydrogen-bond acceptors (Lipinski definition) is 10. The monoisotopic (exact) mass is 687 g/mol. The van der Waals surface area contributed by atoms with Crippen molar-refractivity contribution in [3.05, 3.63) is 98.8 Å². The number of benzene rings is 3. The van der Waals surface area contributed by atoms with E-state index in [0.29, 0.717) is 34.0 Å². The van der Waals surface area contributed by atoms with Gasteiger partial charge in [-0.2, -0.15) is 0 Å². The quantitative estimate of drug-likeness (QED) is 0.144. The van der Waals surface area contributed by atoms with Gasteiger partial charge in [-0.25, -0.2) is 0 Å². The van der Waals surface area contributed by atoms with Crippen molar-refractivity contribution in [2.75, 3.05) is 27.7 Å². The normalized spacial score (nSPS) is 23.3. The van der Waals surface area contributed by atoms with E-state index in [1.807, 2.05) is 42.5 Å². The lowest BCUT2D eigenvalue weighted by atomic mass is 9.57. The number of nitrogens with zero attached hydrogens (tertiary/aromatic N) is 1. The zero-order chi connectivity index (χ0) is 35.4. The third-order valence-electron chi connectivity index (χ3n) is 9.99. The van der Waals surface area contributed by atoms with E-state index in [2.05, 4.69) is 5.32 Å². The minimum Gasteiger partial charge on any atom is -0.508 e. The summed E-state index contributed by atoms with van der Waals surface area (Å²) in [6.07, 6.45) is 0.966. The largest absolute Gasteiger partial charge is 0.508 e. The number of carbonyl (C=O) groups excluding carboxylic acids is 3. The highest BCUT2D eigenvalue weighted by Gasteiger charge is 2.64. The molecule has 6 rings (SSSR count). The number of methoxy groups -OCH3 is 1. The summed E-state index contributed by atoms with van der Waals surface area (Å²) in [6, 6.07) is 15.4. The van der Waals surface area contributed by atoms with Crippen molar-refractivity contribution in [3.8, 4) is 22.6 Å². The maximum absolute atomic E-state index is 14.2. The number of amides is 1. The molecule has 0 unspecified atom stereocenters. The molecule has 0 aliphatic heterocycles. The van der Waals surface area contributed by atoms with Crippen LogP contribution in [0.3, 0.4) is 0 Å². The molecule has 3 aromatic rings. The number of aromatic hydroxyl groups is 1. The summed E-state index contributed by atoms with van der Waals surface area (Å²) in [7, 11) is 4.68. The summed E-state index contributed by atoms with van der Waals surface area (Å²) in [5, 5.41) is 49.8. The Morgan fingerprint density at radius 1 is 1.04 bits per heavy atom. The maximum Gasteiger partial charge on any atom is 0.255 e. The molecule has 3 aliphatic carbocycles. The van der Waals surface area contributed by atoms with Crippen LogP contribution in [0.4, 0.5) is 0 Å². The second-order valence-electron chi connectivity index (χ2n) is 13.0. The number of likely N-dealkylation sites (N-methyl/N-ethyl adjacent to an activating group) is 1. The van der Waals surface area contributed by atoms with Gasteiger partial charge in [-0.15, -0.1) is 0 Å². The van der Waals surface area contributed by atoms with Gasteiger partial charge < -0.3 is 36.2 Å². The summed E-state index contributed by atoms with van der Waals surface area (Å²) >= 11 is 6.00. The highest BCUT2D eigenvalue weighted by atomic mass is 35.5. The highest BCUT2D eigenvalue weighted by Crippen LogP contribution is 2.54. The molecule has 0 spiro atoms. The number of rotatable bonds is 9.